The molecule has 0 atom stereocenters. The fourth-order valence-corrected chi connectivity index (χ4v) is 1.96. The van der Waals surface area contributed by atoms with Crippen LogP contribution in [0.3, 0.4) is 0 Å². The molecule has 0 saturated carbocycles. The maximum absolute atomic E-state index is 11.5. The molecule has 0 bridgehead atoms. The minimum absolute atomic E-state index is 0.233. The second-order valence-electron chi connectivity index (χ2n) is 4.24. The van der Waals surface area contributed by atoms with E-state index in [1.807, 2.05) is 19.9 Å². The van der Waals surface area contributed by atoms with Gasteiger partial charge in [-0.3, -0.25) is 14.5 Å². The van der Waals surface area contributed by atoms with Gasteiger partial charge in [-0.2, -0.15) is 0 Å². The molecule has 1 aromatic rings. The third-order valence-corrected chi connectivity index (χ3v) is 2.85. The smallest absolute Gasteiger partial charge is 0.253 e. The molecule has 0 saturated heterocycles. The molecule has 20 heavy (non-hydrogen) atoms. The highest BCUT2D eigenvalue weighted by Gasteiger charge is 2.23. The third-order valence-electron chi connectivity index (χ3n) is 2.85. The predicted octanol–water partition coefficient (Wildman–Crippen LogP) is 1.91. The molecule has 1 aromatic carbocycles. The Morgan fingerprint density at radius 1 is 0.950 bits per heavy atom. The number of carbonyl (C=O) groups excluding carboxylic acids is 2. The standard InChI is InChI=1S/C15H17NO4/c1-3-19-12-6-5-11(9-13(12)20-4-2)10-16-14(17)7-8-15(16)18/h5-9H,3-4,10H2,1-2H3. The van der Waals surface area contributed by atoms with Gasteiger partial charge in [0.15, 0.2) is 11.5 Å². The van der Waals surface area contributed by atoms with Crippen molar-refractivity contribution in [2.75, 3.05) is 13.2 Å². The van der Waals surface area contributed by atoms with Gasteiger partial charge in [0.05, 0.1) is 19.8 Å². The molecule has 1 aliphatic heterocycles. The fraction of sp³-hybridized carbons (Fsp3) is 0.333. The Kier molecular flexibility index (Phi) is 4.40. The van der Waals surface area contributed by atoms with E-state index in [9.17, 15) is 9.59 Å². The SMILES string of the molecule is CCOc1ccc(CN2C(=O)C=CC2=O)cc1OCC. The van der Waals surface area contributed by atoms with Gasteiger partial charge in [0, 0.05) is 12.2 Å². The van der Waals surface area contributed by atoms with Crippen LogP contribution in [0.2, 0.25) is 0 Å². The molecule has 1 heterocycles. The number of ether oxygens (including phenoxy) is 2. The number of nitrogens with zero attached hydrogens (tertiary/aromatic N) is 1. The van der Waals surface area contributed by atoms with Crippen LogP contribution in [-0.4, -0.2) is 29.9 Å². The van der Waals surface area contributed by atoms with Gasteiger partial charge in [-0.15, -0.1) is 0 Å². The summed E-state index contributed by atoms with van der Waals surface area (Å²) < 4.78 is 11.0. The predicted molar refractivity (Wildman–Crippen MR) is 73.5 cm³/mol. The van der Waals surface area contributed by atoms with Crippen LogP contribution in [0.1, 0.15) is 19.4 Å². The van der Waals surface area contributed by atoms with Gasteiger partial charge < -0.3 is 9.47 Å². The highest BCUT2D eigenvalue weighted by Crippen LogP contribution is 2.29. The molecule has 0 unspecified atom stereocenters. The first kappa shape index (κ1) is 14.1. The van der Waals surface area contributed by atoms with Crippen LogP contribution in [0.5, 0.6) is 11.5 Å². The molecule has 5 nitrogen and oxygen atoms in total. The topological polar surface area (TPSA) is 55.8 Å². The lowest BCUT2D eigenvalue weighted by atomic mass is 10.2. The lowest BCUT2D eigenvalue weighted by molar-refractivity contribution is -0.137. The first-order valence-electron chi connectivity index (χ1n) is 6.57. The molecule has 2 rings (SSSR count). The average Bonchev–Trinajstić information content (AvgIpc) is 2.74. The summed E-state index contributed by atoms with van der Waals surface area (Å²) in [6.45, 7) is 5.09. The summed E-state index contributed by atoms with van der Waals surface area (Å²) in [5.74, 6) is 0.706. The fourth-order valence-electron chi connectivity index (χ4n) is 1.96. The number of carbonyl (C=O) groups is 2. The molecular formula is C15H17NO4. The molecule has 0 N–H and O–H groups in total. The molecule has 0 spiro atoms. The second kappa shape index (κ2) is 6.23. The van der Waals surface area contributed by atoms with Gasteiger partial charge >= 0.3 is 0 Å². The third kappa shape index (κ3) is 2.99. The molecule has 1 aliphatic rings. The van der Waals surface area contributed by atoms with Gasteiger partial charge in [0.1, 0.15) is 0 Å². The average molecular weight is 275 g/mol. The highest BCUT2D eigenvalue weighted by molar-refractivity contribution is 6.12. The number of amides is 2. The monoisotopic (exact) mass is 275 g/mol. The first-order chi connectivity index (χ1) is 9.65. The van der Waals surface area contributed by atoms with Crippen molar-refractivity contribution in [1.82, 2.24) is 4.90 Å². The summed E-state index contributed by atoms with van der Waals surface area (Å²) >= 11 is 0. The zero-order chi connectivity index (χ0) is 14.5. The van der Waals surface area contributed by atoms with Gasteiger partial charge in [-0.25, -0.2) is 0 Å². The molecule has 106 valence electrons. The zero-order valence-corrected chi connectivity index (χ0v) is 11.6. The Morgan fingerprint density at radius 3 is 2.15 bits per heavy atom. The molecule has 0 radical (unpaired) electrons. The van der Waals surface area contributed by atoms with Gasteiger partial charge in [0.2, 0.25) is 0 Å². The Hall–Kier alpha value is -2.30. The number of imide groups is 1. The van der Waals surface area contributed by atoms with Crippen LogP contribution in [0, 0.1) is 0 Å². The molecule has 5 heteroatoms. The Morgan fingerprint density at radius 2 is 1.55 bits per heavy atom. The van der Waals surface area contributed by atoms with Crippen LogP contribution in [0.25, 0.3) is 0 Å². The summed E-state index contributed by atoms with van der Waals surface area (Å²) in [6.07, 6.45) is 2.56. The van der Waals surface area contributed by atoms with Gasteiger partial charge in [-0.1, -0.05) is 6.07 Å². The quantitative estimate of drug-likeness (QED) is 0.744. The number of benzene rings is 1. The van der Waals surface area contributed by atoms with Crippen molar-refractivity contribution in [3.05, 3.63) is 35.9 Å². The summed E-state index contributed by atoms with van der Waals surface area (Å²) in [4.78, 5) is 24.2. The van der Waals surface area contributed by atoms with E-state index >= 15 is 0 Å². The summed E-state index contributed by atoms with van der Waals surface area (Å²) in [5, 5.41) is 0. The van der Waals surface area contributed by atoms with Gasteiger partial charge in [-0.05, 0) is 31.5 Å². The van der Waals surface area contributed by atoms with E-state index in [4.69, 9.17) is 9.47 Å². The summed E-state index contributed by atoms with van der Waals surface area (Å²) in [7, 11) is 0. The Balaban J connectivity index is 2.18. The molecule has 0 aliphatic carbocycles. The lowest BCUT2D eigenvalue weighted by Crippen LogP contribution is -2.29. The zero-order valence-electron chi connectivity index (χ0n) is 11.6. The maximum atomic E-state index is 11.5. The van der Waals surface area contributed by atoms with E-state index in [0.717, 1.165) is 5.56 Å². The van der Waals surface area contributed by atoms with E-state index in [2.05, 4.69) is 0 Å². The van der Waals surface area contributed by atoms with E-state index in [1.165, 1.54) is 17.1 Å². The van der Waals surface area contributed by atoms with Crippen LogP contribution < -0.4 is 9.47 Å². The molecule has 0 fully saturated rings. The first-order valence-corrected chi connectivity index (χ1v) is 6.57. The summed E-state index contributed by atoms with van der Waals surface area (Å²) in [6, 6.07) is 5.42. The lowest BCUT2D eigenvalue weighted by Gasteiger charge is -2.16. The number of hydrogen-bond donors (Lipinski definition) is 0. The van der Waals surface area contributed by atoms with Crippen molar-refractivity contribution in [2.24, 2.45) is 0 Å². The van der Waals surface area contributed by atoms with Gasteiger partial charge in [0.25, 0.3) is 11.8 Å². The summed E-state index contributed by atoms with van der Waals surface area (Å²) in [5.41, 5.74) is 0.822. The van der Waals surface area contributed by atoms with E-state index in [0.29, 0.717) is 24.7 Å². The Bertz CT molecular complexity index is 533. The number of rotatable bonds is 6. The minimum atomic E-state index is -0.290. The Labute approximate surface area is 117 Å². The molecule has 2 amide bonds. The molecule has 0 aromatic heterocycles. The minimum Gasteiger partial charge on any atom is -0.490 e. The van der Waals surface area contributed by atoms with Crippen LogP contribution in [0.15, 0.2) is 30.4 Å². The highest BCUT2D eigenvalue weighted by atomic mass is 16.5. The van der Waals surface area contributed by atoms with Crippen LogP contribution >= 0.6 is 0 Å². The largest absolute Gasteiger partial charge is 0.490 e. The van der Waals surface area contributed by atoms with Crippen molar-refractivity contribution in [3.8, 4) is 11.5 Å². The van der Waals surface area contributed by atoms with Crippen LogP contribution in [0.4, 0.5) is 0 Å². The maximum Gasteiger partial charge on any atom is 0.253 e. The van der Waals surface area contributed by atoms with Crippen LogP contribution in [-0.2, 0) is 16.1 Å². The van der Waals surface area contributed by atoms with Crippen molar-refractivity contribution in [2.45, 2.75) is 20.4 Å². The molecular weight excluding hydrogens is 258 g/mol. The van der Waals surface area contributed by atoms with E-state index in [-0.39, 0.29) is 18.4 Å². The van der Waals surface area contributed by atoms with Crippen molar-refractivity contribution < 1.29 is 19.1 Å². The van der Waals surface area contributed by atoms with Crippen molar-refractivity contribution in [1.29, 1.82) is 0 Å². The van der Waals surface area contributed by atoms with Crippen molar-refractivity contribution in [3.63, 3.8) is 0 Å². The number of hydrogen-bond acceptors (Lipinski definition) is 4. The van der Waals surface area contributed by atoms with E-state index in [1.54, 1.807) is 12.1 Å². The normalized spacial score (nSPS) is 14.0. The second-order valence-corrected chi connectivity index (χ2v) is 4.24. The van der Waals surface area contributed by atoms with E-state index < -0.39 is 0 Å². The van der Waals surface area contributed by atoms with Crippen molar-refractivity contribution >= 4 is 11.8 Å².